The van der Waals surface area contributed by atoms with Gasteiger partial charge in [0, 0.05) is 4.88 Å². The first-order chi connectivity index (χ1) is 7.66. The first kappa shape index (κ1) is 12.9. The highest BCUT2D eigenvalue weighted by atomic mass is 32.1. The third-order valence-corrected chi connectivity index (χ3v) is 3.28. The molecule has 2 heteroatoms. The molecule has 1 aromatic heterocycles. The van der Waals surface area contributed by atoms with Crippen molar-refractivity contribution >= 4 is 11.3 Å². The zero-order chi connectivity index (χ0) is 12.1. The van der Waals surface area contributed by atoms with Crippen molar-refractivity contribution in [3.8, 4) is 10.4 Å². The number of thiophene rings is 1. The van der Waals surface area contributed by atoms with Crippen molar-refractivity contribution in [1.82, 2.24) is 0 Å². The van der Waals surface area contributed by atoms with E-state index in [0.29, 0.717) is 0 Å². The Hall–Kier alpha value is -1.15. The van der Waals surface area contributed by atoms with Gasteiger partial charge in [-0.05, 0) is 54.1 Å². The van der Waals surface area contributed by atoms with Crippen LogP contribution in [0, 0.1) is 19.7 Å². The van der Waals surface area contributed by atoms with Gasteiger partial charge in [-0.3, -0.25) is 0 Å². The Balaban J connectivity index is 0.000000606. The van der Waals surface area contributed by atoms with E-state index in [1.54, 1.807) is 17.4 Å². The molecule has 2 rings (SSSR count). The Morgan fingerprint density at radius 2 is 1.75 bits per heavy atom. The van der Waals surface area contributed by atoms with E-state index < -0.39 is 0 Å². The van der Waals surface area contributed by atoms with Gasteiger partial charge in [0.25, 0.3) is 0 Å². The van der Waals surface area contributed by atoms with E-state index in [2.05, 4.69) is 18.4 Å². The number of halogens is 1. The van der Waals surface area contributed by atoms with Crippen LogP contribution >= 0.6 is 11.3 Å². The second-order valence-corrected chi connectivity index (χ2v) is 4.36. The standard InChI is InChI=1S/C12H11FS.C2H6/c1-8-5-12(14-7-8)11-6-10(13)4-3-9(11)2;1-2/h3-7H,1-2H3;1-2H3. The summed E-state index contributed by atoms with van der Waals surface area (Å²) < 4.78 is 13.0. The summed E-state index contributed by atoms with van der Waals surface area (Å²) in [4.78, 5) is 1.14. The average Bonchev–Trinajstić information content (AvgIpc) is 2.71. The van der Waals surface area contributed by atoms with E-state index in [1.807, 2.05) is 26.8 Å². The lowest BCUT2D eigenvalue weighted by Crippen LogP contribution is -1.82. The van der Waals surface area contributed by atoms with Crippen LogP contribution in [-0.2, 0) is 0 Å². The molecule has 0 nitrogen and oxygen atoms in total. The Kier molecular flexibility index (Phi) is 4.69. The molecular weight excluding hydrogens is 219 g/mol. The number of rotatable bonds is 1. The molecule has 0 fully saturated rings. The maximum absolute atomic E-state index is 13.0. The smallest absolute Gasteiger partial charge is 0.123 e. The lowest BCUT2D eigenvalue weighted by atomic mass is 10.1. The minimum absolute atomic E-state index is 0.170. The van der Waals surface area contributed by atoms with Gasteiger partial charge in [-0.15, -0.1) is 11.3 Å². The molecule has 1 aromatic carbocycles. The zero-order valence-electron chi connectivity index (χ0n) is 10.2. The van der Waals surface area contributed by atoms with E-state index in [1.165, 1.54) is 11.6 Å². The van der Waals surface area contributed by atoms with E-state index in [4.69, 9.17) is 0 Å². The second kappa shape index (κ2) is 5.80. The molecule has 0 N–H and O–H groups in total. The fourth-order valence-electron chi connectivity index (χ4n) is 1.43. The zero-order valence-corrected chi connectivity index (χ0v) is 11.0. The van der Waals surface area contributed by atoms with Crippen LogP contribution in [0.2, 0.25) is 0 Å². The third-order valence-electron chi connectivity index (χ3n) is 2.20. The quantitative estimate of drug-likeness (QED) is 0.638. The first-order valence-electron chi connectivity index (χ1n) is 5.48. The minimum atomic E-state index is -0.170. The maximum Gasteiger partial charge on any atom is 0.123 e. The van der Waals surface area contributed by atoms with Crippen LogP contribution in [0.4, 0.5) is 4.39 Å². The summed E-state index contributed by atoms with van der Waals surface area (Å²) in [5, 5.41) is 2.08. The topological polar surface area (TPSA) is 0 Å². The van der Waals surface area contributed by atoms with Gasteiger partial charge < -0.3 is 0 Å². The molecule has 0 bridgehead atoms. The number of hydrogen-bond acceptors (Lipinski definition) is 1. The third kappa shape index (κ3) is 2.92. The van der Waals surface area contributed by atoms with Gasteiger partial charge >= 0.3 is 0 Å². The van der Waals surface area contributed by atoms with Crippen molar-refractivity contribution in [2.75, 3.05) is 0 Å². The summed E-state index contributed by atoms with van der Waals surface area (Å²) in [6.07, 6.45) is 0. The summed E-state index contributed by atoms with van der Waals surface area (Å²) in [6.45, 7) is 8.05. The molecule has 1 heterocycles. The molecule has 0 spiro atoms. The van der Waals surface area contributed by atoms with Crippen LogP contribution in [-0.4, -0.2) is 0 Å². The van der Waals surface area contributed by atoms with Crippen LogP contribution in [0.1, 0.15) is 25.0 Å². The molecule has 0 saturated heterocycles. The molecule has 2 aromatic rings. The lowest BCUT2D eigenvalue weighted by molar-refractivity contribution is 0.628. The van der Waals surface area contributed by atoms with Gasteiger partial charge in [-0.1, -0.05) is 19.9 Å². The largest absolute Gasteiger partial charge is 0.207 e. The van der Waals surface area contributed by atoms with E-state index in [0.717, 1.165) is 16.0 Å². The fraction of sp³-hybridized carbons (Fsp3) is 0.286. The summed E-state index contributed by atoms with van der Waals surface area (Å²) in [6, 6.07) is 7.01. The summed E-state index contributed by atoms with van der Waals surface area (Å²) >= 11 is 1.66. The molecule has 0 amide bonds. The van der Waals surface area contributed by atoms with Crippen LogP contribution in [0.5, 0.6) is 0 Å². The number of aryl methyl sites for hydroxylation is 2. The highest BCUT2D eigenvalue weighted by Gasteiger charge is 2.05. The molecule has 0 saturated carbocycles. The van der Waals surface area contributed by atoms with E-state index >= 15 is 0 Å². The highest BCUT2D eigenvalue weighted by molar-refractivity contribution is 7.13. The molecule has 0 aliphatic rings. The Bertz CT molecular complexity index is 458. The maximum atomic E-state index is 13.0. The molecule has 0 aliphatic carbocycles. The van der Waals surface area contributed by atoms with E-state index in [-0.39, 0.29) is 5.82 Å². The van der Waals surface area contributed by atoms with Crippen molar-refractivity contribution in [2.24, 2.45) is 0 Å². The molecule has 16 heavy (non-hydrogen) atoms. The normalized spacial score (nSPS) is 9.56. The predicted octanol–water partition coefficient (Wildman–Crippen LogP) is 5.20. The molecular formula is C14H17FS. The van der Waals surface area contributed by atoms with Crippen LogP contribution in [0.3, 0.4) is 0 Å². The summed E-state index contributed by atoms with van der Waals surface area (Å²) in [5.74, 6) is -0.170. The molecule has 0 atom stereocenters. The molecule has 0 radical (unpaired) electrons. The van der Waals surface area contributed by atoms with Crippen molar-refractivity contribution in [3.05, 3.63) is 46.6 Å². The lowest BCUT2D eigenvalue weighted by Gasteiger charge is -2.02. The molecule has 0 unspecified atom stereocenters. The van der Waals surface area contributed by atoms with E-state index in [9.17, 15) is 4.39 Å². The Morgan fingerprint density at radius 3 is 2.31 bits per heavy atom. The van der Waals surface area contributed by atoms with Crippen LogP contribution in [0.15, 0.2) is 29.6 Å². The van der Waals surface area contributed by atoms with Crippen LogP contribution < -0.4 is 0 Å². The van der Waals surface area contributed by atoms with Crippen molar-refractivity contribution in [1.29, 1.82) is 0 Å². The number of benzene rings is 1. The number of hydrogen-bond donors (Lipinski definition) is 0. The second-order valence-electron chi connectivity index (χ2n) is 3.45. The van der Waals surface area contributed by atoms with Gasteiger partial charge in [0.15, 0.2) is 0 Å². The Labute approximate surface area is 101 Å². The van der Waals surface area contributed by atoms with Crippen molar-refractivity contribution < 1.29 is 4.39 Å². The van der Waals surface area contributed by atoms with Gasteiger partial charge in [0.05, 0.1) is 0 Å². The minimum Gasteiger partial charge on any atom is -0.207 e. The van der Waals surface area contributed by atoms with Crippen LogP contribution in [0.25, 0.3) is 10.4 Å². The van der Waals surface area contributed by atoms with Gasteiger partial charge in [0.2, 0.25) is 0 Å². The summed E-state index contributed by atoms with van der Waals surface area (Å²) in [5.41, 5.74) is 3.35. The van der Waals surface area contributed by atoms with Gasteiger partial charge in [-0.2, -0.15) is 0 Å². The van der Waals surface area contributed by atoms with Gasteiger partial charge in [0.1, 0.15) is 5.82 Å². The van der Waals surface area contributed by atoms with Crippen molar-refractivity contribution in [3.63, 3.8) is 0 Å². The monoisotopic (exact) mass is 236 g/mol. The Morgan fingerprint density at radius 1 is 1.06 bits per heavy atom. The SMILES string of the molecule is CC.Cc1csc(-c2cc(F)ccc2C)c1. The molecule has 0 aliphatic heterocycles. The fourth-order valence-corrected chi connectivity index (χ4v) is 2.41. The van der Waals surface area contributed by atoms with Gasteiger partial charge in [-0.25, -0.2) is 4.39 Å². The van der Waals surface area contributed by atoms with Crippen molar-refractivity contribution in [2.45, 2.75) is 27.7 Å². The highest BCUT2D eigenvalue weighted by Crippen LogP contribution is 2.29. The average molecular weight is 236 g/mol. The molecule has 86 valence electrons. The summed E-state index contributed by atoms with van der Waals surface area (Å²) in [7, 11) is 0. The first-order valence-corrected chi connectivity index (χ1v) is 6.36. The predicted molar refractivity (Wildman–Crippen MR) is 70.5 cm³/mol.